The summed E-state index contributed by atoms with van der Waals surface area (Å²) in [7, 11) is 0. The van der Waals surface area contributed by atoms with Crippen LogP contribution in [-0.4, -0.2) is 31.1 Å². The molecule has 3 aromatic rings. The minimum absolute atomic E-state index is 0.00387. The van der Waals surface area contributed by atoms with Crippen molar-refractivity contribution < 1.29 is 46.5 Å². The molecule has 210 valence electrons. The number of benzene rings is 3. The van der Waals surface area contributed by atoms with Crippen LogP contribution in [0.2, 0.25) is 0 Å². The van der Waals surface area contributed by atoms with Gasteiger partial charge in [-0.2, -0.15) is 13.2 Å². The van der Waals surface area contributed by atoms with E-state index in [0.29, 0.717) is 31.3 Å². The molecule has 3 rings (SSSR count). The van der Waals surface area contributed by atoms with Crippen molar-refractivity contribution in [3.05, 3.63) is 102 Å². The van der Waals surface area contributed by atoms with Gasteiger partial charge in [-0.3, -0.25) is 0 Å². The summed E-state index contributed by atoms with van der Waals surface area (Å²) in [5.74, 6) is -2.64. The van der Waals surface area contributed by atoms with Crippen LogP contribution in [0.25, 0.3) is 0 Å². The molecule has 0 saturated carbocycles. The number of rotatable bonds is 12. The van der Waals surface area contributed by atoms with Crippen LogP contribution in [0.3, 0.4) is 0 Å². The molecule has 0 aliphatic carbocycles. The van der Waals surface area contributed by atoms with Crippen LogP contribution < -0.4 is 14.2 Å². The third kappa shape index (κ3) is 8.72. The Morgan fingerprint density at radius 2 is 1.40 bits per heavy atom. The van der Waals surface area contributed by atoms with Gasteiger partial charge in [0.25, 0.3) is 0 Å². The molecule has 3 aromatic carbocycles. The molecule has 0 saturated heterocycles. The van der Waals surface area contributed by atoms with Gasteiger partial charge in [-0.1, -0.05) is 25.6 Å². The van der Waals surface area contributed by atoms with Gasteiger partial charge in [0.05, 0.1) is 29.9 Å². The average Bonchev–Trinajstić information content (AvgIpc) is 2.95. The number of alkyl halides is 3. The normalized spacial score (nSPS) is 10.9. The summed E-state index contributed by atoms with van der Waals surface area (Å²) < 4.78 is 61.9. The predicted octanol–water partition coefficient (Wildman–Crippen LogP) is 6.59. The maximum absolute atomic E-state index is 13.8. The van der Waals surface area contributed by atoms with Gasteiger partial charge in [-0.25, -0.2) is 14.4 Å². The number of halogens is 3. The van der Waals surface area contributed by atoms with Crippen molar-refractivity contribution in [3.63, 3.8) is 0 Å². The second-order valence-electron chi connectivity index (χ2n) is 8.44. The Bertz CT molecular complexity index is 1330. The first kappa shape index (κ1) is 29.9. The predicted molar refractivity (Wildman–Crippen MR) is 140 cm³/mol. The third-order valence-electron chi connectivity index (χ3n) is 5.57. The van der Waals surface area contributed by atoms with Crippen molar-refractivity contribution in [3.8, 4) is 17.2 Å². The second-order valence-corrected chi connectivity index (χ2v) is 8.44. The Morgan fingerprint density at radius 1 is 0.800 bits per heavy atom. The van der Waals surface area contributed by atoms with Crippen LogP contribution >= 0.6 is 0 Å². The number of carbonyl (C=O) groups is 3. The second kappa shape index (κ2) is 14.0. The van der Waals surface area contributed by atoms with Crippen molar-refractivity contribution in [1.82, 2.24) is 0 Å². The lowest BCUT2D eigenvalue weighted by Crippen LogP contribution is -2.16. The molecule has 0 N–H and O–H groups in total. The zero-order valence-corrected chi connectivity index (χ0v) is 21.7. The molecule has 7 nitrogen and oxygen atoms in total. The SMILES string of the molecule is C=CC(=O)OCCCCOc1ccc(C(=O)Oc2ccc(C(=O)Oc3ccc(CC)cc3)cc2C(F)(F)F)cc1. The molecule has 0 spiro atoms. The lowest BCUT2D eigenvalue weighted by atomic mass is 10.1. The summed E-state index contributed by atoms with van der Waals surface area (Å²) in [5.41, 5.74) is -0.647. The van der Waals surface area contributed by atoms with Crippen LogP contribution in [0.15, 0.2) is 79.4 Å². The van der Waals surface area contributed by atoms with Crippen molar-refractivity contribution >= 4 is 17.9 Å². The Kier molecular flexibility index (Phi) is 10.5. The molecule has 0 heterocycles. The Balaban J connectivity index is 1.61. The highest BCUT2D eigenvalue weighted by Gasteiger charge is 2.36. The molecule has 0 aromatic heterocycles. The first-order chi connectivity index (χ1) is 19.1. The van der Waals surface area contributed by atoms with Gasteiger partial charge in [0.1, 0.15) is 17.2 Å². The molecule has 40 heavy (non-hydrogen) atoms. The maximum Gasteiger partial charge on any atom is 0.420 e. The number of esters is 3. The minimum atomic E-state index is -4.91. The molecule has 0 aliphatic rings. The first-order valence-electron chi connectivity index (χ1n) is 12.4. The molecule has 0 radical (unpaired) electrons. The van der Waals surface area contributed by atoms with Gasteiger partial charge in [0.15, 0.2) is 0 Å². The van der Waals surface area contributed by atoms with E-state index in [1.54, 1.807) is 24.3 Å². The molecular formula is C30H27F3O7. The smallest absolute Gasteiger partial charge is 0.420 e. The summed E-state index contributed by atoms with van der Waals surface area (Å²) in [6.45, 7) is 5.81. The number of unbranched alkanes of at least 4 members (excludes halogenated alkanes) is 1. The molecule has 0 bridgehead atoms. The van der Waals surface area contributed by atoms with Gasteiger partial charge in [0, 0.05) is 6.08 Å². The van der Waals surface area contributed by atoms with E-state index in [1.165, 1.54) is 24.3 Å². The van der Waals surface area contributed by atoms with E-state index in [1.807, 2.05) is 6.92 Å². The van der Waals surface area contributed by atoms with Crippen LogP contribution in [-0.2, 0) is 22.1 Å². The fourth-order valence-corrected chi connectivity index (χ4v) is 3.40. The van der Waals surface area contributed by atoms with E-state index in [-0.39, 0.29) is 23.5 Å². The van der Waals surface area contributed by atoms with Crippen molar-refractivity contribution in [1.29, 1.82) is 0 Å². The van der Waals surface area contributed by atoms with Crippen molar-refractivity contribution in [2.75, 3.05) is 13.2 Å². The maximum atomic E-state index is 13.8. The number of hydrogen-bond acceptors (Lipinski definition) is 7. The topological polar surface area (TPSA) is 88.1 Å². The highest BCUT2D eigenvalue weighted by Crippen LogP contribution is 2.37. The summed E-state index contributed by atoms with van der Waals surface area (Å²) in [6, 6.07) is 14.8. The summed E-state index contributed by atoms with van der Waals surface area (Å²) in [5, 5.41) is 0. The minimum Gasteiger partial charge on any atom is -0.494 e. The van der Waals surface area contributed by atoms with E-state index in [4.69, 9.17) is 18.9 Å². The van der Waals surface area contributed by atoms with Gasteiger partial charge < -0.3 is 18.9 Å². The zero-order chi connectivity index (χ0) is 29.1. The van der Waals surface area contributed by atoms with E-state index >= 15 is 0 Å². The lowest BCUT2D eigenvalue weighted by Gasteiger charge is -2.14. The first-order valence-corrected chi connectivity index (χ1v) is 12.4. The van der Waals surface area contributed by atoms with E-state index in [2.05, 4.69) is 6.58 Å². The fraction of sp³-hybridized carbons (Fsp3) is 0.233. The van der Waals surface area contributed by atoms with Gasteiger partial charge in [0.2, 0.25) is 0 Å². The largest absolute Gasteiger partial charge is 0.494 e. The van der Waals surface area contributed by atoms with E-state index in [0.717, 1.165) is 30.2 Å². The van der Waals surface area contributed by atoms with Gasteiger partial charge in [-0.15, -0.1) is 0 Å². The Morgan fingerprint density at radius 3 is 2.02 bits per heavy atom. The Labute approximate surface area is 229 Å². The monoisotopic (exact) mass is 556 g/mol. The summed E-state index contributed by atoms with van der Waals surface area (Å²) in [6.07, 6.45) is -1.88. The molecule has 0 amide bonds. The van der Waals surface area contributed by atoms with Crippen LogP contribution in [0, 0.1) is 0 Å². The fourth-order valence-electron chi connectivity index (χ4n) is 3.40. The molecule has 0 aliphatic heterocycles. The molecule has 0 fully saturated rings. The number of aryl methyl sites for hydroxylation is 1. The van der Waals surface area contributed by atoms with Gasteiger partial charge in [-0.05, 0) is 79.4 Å². The molecule has 0 atom stereocenters. The van der Waals surface area contributed by atoms with Gasteiger partial charge >= 0.3 is 24.1 Å². The third-order valence-corrected chi connectivity index (χ3v) is 5.57. The highest BCUT2D eigenvalue weighted by atomic mass is 19.4. The standard InChI is InChI=1S/C30H27F3O7/c1-3-20-7-12-24(13-8-20)39-29(36)22-11-16-26(25(19-22)30(31,32)33)40-28(35)21-9-14-23(15-10-21)37-17-5-6-18-38-27(34)4-2/h4,7-16,19H,2-3,5-6,17-18H2,1H3. The molecule has 0 unspecified atom stereocenters. The van der Waals surface area contributed by atoms with Crippen LogP contribution in [0.5, 0.6) is 17.2 Å². The highest BCUT2D eigenvalue weighted by molar-refractivity contribution is 5.93. The summed E-state index contributed by atoms with van der Waals surface area (Å²) in [4.78, 5) is 36.0. The average molecular weight is 557 g/mol. The lowest BCUT2D eigenvalue weighted by molar-refractivity contribution is -0.139. The number of ether oxygens (including phenoxy) is 4. The molecular weight excluding hydrogens is 529 g/mol. The Hall–Kier alpha value is -4.60. The van der Waals surface area contributed by atoms with Crippen molar-refractivity contribution in [2.45, 2.75) is 32.4 Å². The number of hydrogen-bond donors (Lipinski definition) is 0. The molecule has 10 heteroatoms. The van der Waals surface area contributed by atoms with Crippen molar-refractivity contribution in [2.24, 2.45) is 0 Å². The van der Waals surface area contributed by atoms with E-state index < -0.39 is 35.4 Å². The zero-order valence-electron chi connectivity index (χ0n) is 21.7. The quantitative estimate of drug-likeness (QED) is 0.108. The van der Waals surface area contributed by atoms with Crippen LogP contribution in [0.4, 0.5) is 13.2 Å². The number of carbonyl (C=O) groups excluding carboxylic acids is 3. The summed E-state index contributed by atoms with van der Waals surface area (Å²) >= 11 is 0. The van der Waals surface area contributed by atoms with E-state index in [9.17, 15) is 27.6 Å². The van der Waals surface area contributed by atoms with Crippen LogP contribution in [0.1, 0.15) is 51.6 Å².